The van der Waals surface area contributed by atoms with Crippen LogP contribution in [0.5, 0.6) is 0 Å². The highest BCUT2D eigenvalue weighted by atomic mass is 15.3. The Morgan fingerprint density at radius 1 is 1.00 bits per heavy atom. The fourth-order valence-electron chi connectivity index (χ4n) is 3.67. The number of hydrogen-bond donors (Lipinski definition) is 0. The Labute approximate surface area is 106 Å². The van der Waals surface area contributed by atoms with Gasteiger partial charge in [-0.1, -0.05) is 6.42 Å². The fourth-order valence-corrected chi connectivity index (χ4v) is 3.67. The number of likely N-dealkylation sites (tertiary alicyclic amines) is 2. The minimum Gasteiger partial charge on any atom is -0.300 e. The van der Waals surface area contributed by atoms with Gasteiger partial charge in [0.25, 0.3) is 0 Å². The lowest BCUT2D eigenvalue weighted by molar-refractivity contribution is -0.0977. The normalized spacial score (nSPS) is 31.2. The second-order valence-electron chi connectivity index (χ2n) is 7.65. The number of hydrogen-bond acceptors (Lipinski definition) is 2. The molecule has 3 rings (SSSR count). The van der Waals surface area contributed by atoms with Gasteiger partial charge in [-0.25, -0.2) is 0 Å². The molecular formula is C15H28N2. The average Bonchev–Trinajstić information content (AvgIpc) is 2.11. The number of piperidine rings is 1. The maximum Gasteiger partial charge on any atom is 0.0125 e. The van der Waals surface area contributed by atoms with Crippen molar-refractivity contribution in [3.8, 4) is 0 Å². The highest BCUT2D eigenvalue weighted by Crippen LogP contribution is 2.44. The van der Waals surface area contributed by atoms with Crippen LogP contribution in [-0.2, 0) is 0 Å². The van der Waals surface area contributed by atoms with Crippen LogP contribution in [0.4, 0.5) is 0 Å². The van der Waals surface area contributed by atoms with E-state index in [4.69, 9.17) is 0 Å². The van der Waals surface area contributed by atoms with E-state index < -0.39 is 0 Å². The van der Waals surface area contributed by atoms with Gasteiger partial charge in [0.05, 0.1) is 0 Å². The molecule has 0 amide bonds. The first-order valence-electron chi connectivity index (χ1n) is 7.48. The first-order valence-corrected chi connectivity index (χ1v) is 7.48. The molecule has 3 aliphatic rings. The second-order valence-corrected chi connectivity index (χ2v) is 7.65. The zero-order valence-corrected chi connectivity index (χ0v) is 11.8. The molecule has 0 atom stereocenters. The van der Waals surface area contributed by atoms with Crippen molar-refractivity contribution in [1.82, 2.24) is 9.80 Å². The van der Waals surface area contributed by atoms with Gasteiger partial charge in [0.1, 0.15) is 0 Å². The third kappa shape index (κ3) is 2.15. The molecule has 1 spiro atoms. The summed E-state index contributed by atoms with van der Waals surface area (Å²) in [7, 11) is 0. The molecule has 98 valence electrons. The van der Waals surface area contributed by atoms with Gasteiger partial charge in [-0.05, 0) is 65.0 Å². The van der Waals surface area contributed by atoms with E-state index >= 15 is 0 Å². The van der Waals surface area contributed by atoms with Gasteiger partial charge in [0, 0.05) is 24.7 Å². The van der Waals surface area contributed by atoms with Gasteiger partial charge in [-0.3, -0.25) is 4.90 Å². The van der Waals surface area contributed by atoms with E-state index in [-0.39, 0.29) is 0 Å². The molecule has 2 nitrogen and oxygen atoms in total. The van der Waals surface area contributed by atoms with E-state index in [0.29, 0.717) is 11.0 Å². The molecule has 0 aromatic carbocycles. The molecular weight excluding hydrogens is 208 g/mol. The summed E-state index contributed by atoms with van der Waals surface area (Å²) in [6.07, 6.45) is 7.33. The third-order valence-corrected chi connectivity index (χ3v) is 5.45. The molecule has 2 saturated heterocycles. The quantitative estimate of drug-likeness (QED) is 0.691. The van der Waals surface area contributed by atoms with Crippen molar-refractivity contribution in [3.05, 3.63) is 0 Å². The molecule has 1 aliphatic carbocycles. The SMILES string of the molecule is CC(C)(C)N1CC2(CCN(C3CCC3)CC2)C1. The Hall–Kier alpha value is -0.0800. The Balaban J connectivity index is 1.49. The molecule has 0 aromatic heterocycles. The van der Waals surface area contributed by atoms with Crippen LogP contribution in [0.1, 0.15) is 52.9 Å². The minimum atomic E-state index is 0.385. The lowest BCUT2D eigenvalue weighted by atomic mass is 9.69. The number of rotatable bonds is 1. The zero-order chi connectivity index (χ0) is 12.1. The molecule has 0 aromatic rings. The molecule has 2 aliphatic heterocycles. The second kappa shape index (κ2) is 3.96. The largest absolute Gasteiger partial charge is 0.300 e. The van der Waals surface area contributed by atoms with Gasteiger partial charge >= 0.3 is 0 Å². The van der Waals surface area contributed by atoms with Crippen molar-refractivity contribution < 1.29 is 0 Å². The first kappa shape index (κ1) is 12.0. The lowest BCUT2D eigenvalue weighted by Gasteiger charge is -2.59. The van der Waals surface area contributed by atoms with Gasteiger partial charge in [0.2, 0.25) is 0 Å². The summed E-state index contributed by atoms with van der Waals surface area (Å²) >= 11 is 0. The van der Waals surface area contributed by atoms with Crippen LogP contribution in [-0.4, -0.2) is 47.6 Å². The monoisotopic (exact) mass is 236 g/mol. The van der Waals surface area contributed by atoms with Gasteiger partial charge < -0.3 is 4.90 Å². The van der Waals surface area contributed by atoms with Crippen molar-refractivity contribution in [2.24, 2.45) is 5.41 Å². The Kier molecular flexibility index (Phi) is 2.79. The van der Waals surface area contributed by atoms with Crippen LogP contribution in [0.25, 0.3) is 0 Å². The maximum absolute atomic E-state index is 2.77. The van der Waals surface area contributed by atoms with Crippen molar-refractivity contribution in [3.63, 3.8) is 0 Å². The number of nitrogens with zero attached hydrogens (tertiary/aromatic N) is 2. The van der Waals surface area contributed by atoms with Crippen LogP contribution in [0.2, 0.25) is 0 Å². The fraction of sp³-hybridized carbons (Fsp3) is 1.00. The average molecular weight is 236 g/mol. The summed E-state index contributed by atoms with van der Waals surface area (Å²) in [5, 5.41) is 0. The van der Waals surface area contributed by atoms with Crippen molar-refractivity contribution >= 4 is 0 Å². The molecule has 0 N–H and O–H groups in total. The highest BCUT2D eigenvalue weighted by Gasteiger charge is 2.48. The molecule has 0 unspecified atom stereocenters. The van der Waals surface area contributed by atoms with Crippen LogP contribution in [0.15, 0.2) is 0 Å². The smallest absolute Gasteiger partial charge is 0.0125 e. The molecule has 0 bridgehead atoms. The Morgan fingerprint density at radius 2 is 1.59 bits per heavy atom. The summed E-state index contributed by atoms with van der Waals surface area (Å²) in [5.74, 6) is 0. The maximum atomic E-state index is 2.77. The standard InChI is InChI=1S/C15H28N2/c1-14(2,3)17-11-15(12-17)7-9-16(10-8-15)13-5-4-6-13/h13H,4-12H2,1-3H3. The topological polar surface area (TPSA) is 6.48 Å². The molecule has 2 heteroatoms. The van der Waals surface area contributed by atoms with Crippen LogP contribution < -0.4 is 0 Å². The van der Waals surface area contributed by atoms with Gasteiger partial charge in [-0.15, -0.1) is 0 Å². The van der Waals surface area contributed by atoms with Crippen LogP contribution >= 0.6 is 0 Å². The van der Waals surface area contributed by atoms with Crippen molar-refractivity contribution in [2.75, 3.05) is 26.2 Å². The summed E-state index contributed by atoms with van der Waals surface area (Å²) < 4.78 is 0. The lowest BCUT2D eigenvalue weighted by Crippen LogP contribution is -2.65. The molecule has 3 fully saturated rings. The van der Waals surface area contributed by atoms with E-state index in [2.05, 4.69) is 30.6 Å². The molecule has 17 heavy (non-hydrogen) atoms. The van der Waals surface area contributed by atoms with Crippen molar-refractivity contribution in [1.29, 1.82) is 0 Å². The summed E-state index contributed by atoms with van der Waals surface area (Å²) in [4.78, 5) is 5.43. The van der Waals surface area contributed by atoms with E-state index in [1.54, 1.807) is 0 Å². The van der Waals surface area contributed by atoms with Crippen LogP contribution in [0, 0.1) is 5.41 Å². The third-order valence-electron chi connectivity index (χ3n) is 5.45. The van der Waals surface area contributed by atoms with Gasteiger partial charge in [0.15, 0.2) is 0 Å². The van der Waals surface area contributed by atoms with E-state index in [9.17, 15) is 0 Å². The summed E-state index contributed by atoms with van der Waals surface area (Å²) in [5.41, 5.74) is 1.09. The molecule has 1 saturated carbocycles. The first-order chi connectivity index (χ1) is 7.99. The Morgan fingerprint density at radius 3 is 2.00 bits per heavy atom. The Bertz CT molecular complexity index is 272. The summed E-state index contributed by atoms with van der Waals surface area (Å²) in [6, 6.07) is 0.964. The van der Waals surface area contributed by atoms with Gasteiger partial charge in [-0.2, -0.15) is 0 Å². The molecule has 0 radical (unpaired) electrons. The predicted octanol–water partition coefficient (Wildman–Crippen LogP) is 2.74. The van der Waals surface area contributed by atoms with E-state index in [0.717, 1.165) is 6.04 Å². The minimum absolute atomic E-state index is 0.385. The van der Waals surface area contributed by atoms with E-state index in [1.165, 1.54) is 58.3 Å². The zero-order valence-electron chi connectivity index (χ0n) is 11.8. The van der Waals surface area contributed by atoms with E-state index in [1.807, 2.05) is 0 Å². The molecule has 2 heterocycles. The summed E-state index contributed by atoms with van der Waals surface area (Å²) in [6.45, 7) is 12.5. The highest BCUT2D eigenvalue weighted by molar-refractivity contribution is 5.02. The van der Waals surface area contributed by atoms with Crippen molar-refractivity contribution in [2.45, 2.75) is 64.5 Å². The predicted molar refractivity (Wildman–Crippen MR) is 72.2 cm³/mol. The van der Waals surface area contributed by atoms with Crippen LogP contribution in [0.3, 0.4) is 0 Å².